The molecule has 18 nitrogen and oxygen atoms in total. The standard InChI is InChI=1S/2C37H40F4N4O2S.C36H38F4N4O2S/c2*1-4-43(5-2)18-19-44(22-26-6-10-28(11-7-26)29-12-14-30(15-13-29)37(39,40)41)34(46)23-45-33-21-25(3)20-32(33)35(47)42-36(45)48-24-27-8-16-31(38)17-9-27;1-3-42(4-2)20-21-43(22-25-8-12-27(13-9-25)28-14-16-29(17-15-28)36(38,39)40)33(45)23-44-32-7-5-6-31(32)34(46)41-35(44)47-24-26-10-18-30(37)19-11-26/h2*6-17,25H,4-5,18-24H2,1-3H3;8-19H,3-7,20-24H2,1-2H3/i6D,7D,8D,9D,10D,11D,12D,13D,14D,15D,16D,17D,18D2,19D2,20D2,21D2,24D2,25D;4D2,5D2,18D2,19D2,20D2,21D2,24D2,25D;3D2,4D2,20D2,21D2,24D2. The first kappa shape index (κ1) is 60.8. The molecule has 0 bridgehead atoms. The molecule has 12 aromatic rings. The van der Waals surface area contributed by atoms with Crippen LogP contribution in [-0.4, -0.2) is 154 Å². The number of fused-ring (bicyclic) bond motifs is 3. The highest BCUT2D eigenvalue weighted by molar-refractivity contribution is 7.98. The molecule has 756 valence electrons. The second kappa shape index (κ2) is 50.1. The molecule has 3 aliphatic carbocycles. The van der Waals surface area contributed by atoms with Crippen LogP contribution in [0.15, 0.2) is 248 Å². The number of hydrogen-bond donors (Lipinski definition) is 0. The van der Waals surface area contributed by atoms with Crippen LogP contribution in [0.5, 0.6) is 0 Å². The van der Waals surface area contributed by atoms with E-state index < -0.39 is 373 Å². The predicted octanol–water partition coefficient (Wildman–Crippen LogP) is 22.2. The number of nitrogens with zero attached hydrogens (tertiary/aromatic N) is 12. The van der Waals surface area contributed by atoms with E-state index in [9.17, 15) is 82.1 Å². The Balaban J connectivity index is 0.000000233. The largest absolute Gasteiger partial charge is 0.416 e. The Labute approximate surface area is 905 Å². The lowest BCUT2D eigenvalue weighted by Gasteiger charge is -2.28. The number of aromatic nitrogens is 6. The molecule has 0 radical (unpaired) electrons. The number of alkyl halides is 9. The number of thioether (sulfide) groups is 3. The monoisotopic (exact) mass is 2080 g/mol. The highest BCUT2D eigenvalue weighted by Crippen LogP contribution is 2.38. The number of halogens is 12. The first-order valence-corrected chi connectivity index (χ1v) is 45.5. The van der Waals surface area contributed by atoms with Gasteiger partial charge in [-0.25, -0.2) is 13.2 Å². The zero-order chi connectivity index (χ0) is 145. The maximum absolute atomic E-state index is 15.1. The maximum atomic E-state index is 15.1. The van der Waals surface area contributed by atoms with E-state index in [0.29, 0.717) is 60.2 Å². The van der Waals surface area contributed by atoms with Crippen LogP contribution in [0.1, 0.15) is 211 Å². The van der Waals surface area contributed by atoms with Gasteiger partial charge in [-0.1, -0.05) is 236 Å². The Morgan fingerprint density at radius 3 is 1.03 bits per heavy atom. The van der Waals surface area contributed by atoms with Crippen LogP contribution < -0.4 is 16.7 Å². The molecule has 2 unspecified atom stereocenters. The van der Waals surface area contributed by atoms with E-state index in [0.717, 1.165) is 107 Å². The van der Waals surface area contributed by atoms with Crippen molar-refractivity contribution in [3.63, 3.8) is 0 Å². The molecule has 0 saturated carbocycles. The average Bonchev–Trinajstić information content (AvgIpc) is 1.52. The van der Waals surface area contributed by atoms with Gasteiger partial charge in [-0.3, -0.25) is 28.8 Å². The molecule has 143 heavy (non-hydrogen) atoms. The Morgan fingerprint density at radius 2 is 0.678 bits per heavy atom. The van der Waals surface area contributed by atoms with Gasteiger partial charge in [0.1, 0.15) is 37.1 Å². The molecule has 15 rings (SSSR count). The topological polar surface area (TPSA) is 175 Å². The molecule has 33 heteroatoms. The molecule has 3 amide bonds. The van der Waals surface area contributed by atoms with Crippen LogP contribution in [0.3, 0.4) is 0 Å². The average molecular weight is 2080 g/mol. The molecule has 0 fully saturated rings. The first-order valence-electron chi connectivity index (χ1n) is 67.0. The molecule has 3 heterocycles. The summed E-state index contributed by atoms with van der Waals surface area (Å²) in [4.78, 5) is 98.1. The third-order valence-electron chi connectivity index (χ3n) is 21.0. The van der Waals surface area contributed by atoms with Crippen LogP contribution in [-0.2, 0) is 128 Å². The maximum Gasteiger partial charge on any atom is 0.416 e. The van der Waals surface area contributed by atoms with Gasteiger partial charge >= 0.3 is 18.5 Å². The van der Waals surface area contributed by atoms with Crippen LogP contribution in [0.4, 0.5) is 52.7 Å². The van der Waals surface area contributed by atoms with E-state index in [1.54, 1.807) is 0 Å². The van der Waals surface area contributed by atoms with E-state index in [2.05, 4.69) is 15.0 Å². The summed E-state index contributed by atoms with van der Waals surface area (Å²) >= 11 is 0.236. The summed E-state index contributed by atoms with van der Waals surface area (Å²) in [5.41, 5.74) is -22.4. The van der Waals surface area contributed by atoms with Crippen molar-refractivity contribution in [1.29, 1.82) is 0 Å². The first-order chi connectivity index (χ1) is 86.6. The van der Waals surface area contributed by atoms with Crippen molar-refractivity contribution in [3.8, 4) is 33.4 Å². The summed E-state index contributed by atoms with van der Waals surface area (Å²) in [6, 6.07) is 11.7. The van der Waals surface area contributed by atoms with Crippen molar-refractivity contribution in [2.45, 2.75) is 191 Å². The van der Waals surface area contributed by atoms with Crippen molar-refractivity contribution in [2.24, 2.45) is 11.8 Å². The molecule has 0 spiro atoms. The summed E-state index contributed by atoms with van der Waals surface area (Å²) in [6.45, 7) is -33.1. The third-order valence-corrected chi connectivity index (χ3v) is 23.5. The van der Waals surface area contributed by atoms with Gasteiger partial charge in [0.25, 0.3) is 16.7 Å². The van der Waals surface area contributed by atoms with Gasteiger partial charge in [-0.2, -0.15) is 54.5 Å². The number of likely N-dealkylation sites (N-methyl/N-ethyl adjacent to an activating group) is 3. The lowest BCUT2D eigenvalue weighted by molar-refractivity contribution is -0.138. The summed E-state index contributed by atoms with van der Waals surface area (Å²) in [7, 11) is 0. The molecular formula is C110H118F12N12O6S3. The van der Waals surface area contributed by atoms with Gasteiger partial charge in [-0.05, 0) is 235 Å². The van der Waals surface area contributed by atoms with Gasteiger partial charge in [0.15, 0.2) is 15.5 Å². The van der Waals surface area contributed by atoms with E-state index in [1.807, 2.05) is 0 Å². The highest BCUT2D eigenvalue weighted by atomic mass is 32.2. The number of carbonyl (C=O) groups excluding carboxylic acids is 3. The minimum absolute atomic E-state index is 0.00943. The smallest absolute Gasteiger partial charge is 0.336 e. The number of carbonyl (C=O) groups is 3. The van der Waals surface area contributed by atoms with Gasteiger partial charge in [0, 0.05) is 151 Å². The molecule has 9 aromatic carbocycles. The molecule has 0 aliphatic heterocycles. The summed E-state index contributed by atoms with van der Waals surface area (Å²) in [6.07, 6.45) is -26.5. The fourth-order valence-corrected chi connectivity index (χ4v) is 15.9. The van der Waals surface area contributed by atoms with Gasteiger partial charge < -0.3 is 43.1 Å². The van der Waals surface area contributed by atoms with Crippen molar-refractivity contribution in [2.75, 3.05) is 78.1 Å². The second-order valence-electron chi connectivity index (χ2n) is 30.6. The van der Waals surface area contributed by atoms with Crippen molar-refractivity contribution >= 4 is 53.0 Å². The van der Waals surface area contributed by atoms with Crippen LogP contribution in [0.2, 0.25) is 0 Å². The Kier molecular flexibility index (Phi) is 21.3. The Bertz CT molecular complexity index is 9050. The molecule has 0 saturated heterocycles. The van der Waals surface area contributed by atoms with Crippen LogP contribution >= 0.6 is 35.3 Å². The van der Waals surface area contributed by atoms with Crippen LogP contribution in [0.25, 0.3) is 33.4 Å². The summed E-state index contributed by atoms with van der Waals surface area (Å²) in [5.74, 6) is -13.2. The minimum atomic E-state index is -5.42. The fraction of sp³-hybridized carbons (Fsp3) is 0.373. The number of amides is 3. The highest BCUT2D eigenvalue weighted by Gasteiger charge is 2.36. The fourth-order valence-electron chi connectivity index (χ4n) is 13.7. The summed E-state index contributed by atoms with van der Waals surface area (Å²) < 4.78 is 581. The molecule has 3 aromatic heterocycles. The minimum Gasteiger partial charge on any atom is -0.336 e. The second-order valence-corrected chi connectivity index (χ2v) is 33.0. The molecule has 3 aliphatic rings. The number of rotatable bonds is 39. The van der Waals surface area contributed by atoms with E-state index >= 15 is 4.79 Å². The number of benzene rings is 9. The Hall–Kier alpha value is -11.9. The quantitative estimate of drug-likeness (QED) is 0.0202. The lowest BCUT2D eigenvalue weighted by Crippen LogP contribution is -2.40. The Morgan fingerprint density at radius 1 is 0.364 bits per heavy atom. The lowest BCUT2D eigenvalue weighted by atomic mass is 10.0. The van der Waals surface area contributed by atoms with Gasteiger partial charge in [-0.15, -0.1) is 0 Å². The molecular weight excluding hydrogens is 1910 g/mol. The van der Waals surface area contributed by atoms with E-state index in [-0.39, 0.29) is 102 Å². The zero-order valence-electron chi connectivity index (χ0n) is 125. The number of hydrogen-bond acceptors (Lipinski definition) is 15. The van der Waals surface area contributed by atoms with E-state index in [1.165, 1.54) is 103 Å². The van der Waals surface area contributed by atoms with Crippen LogP contribution in [0, 0.1) is 29.2 Å². The SMILES string of the molecule is [2H]C([2H])(Sc1nc(=O)c2c(n1CC(=O)N(Cc1ccc(-c3ccc(C(F)(F)F)cc3)cc1)C([2H])([2H])C([2H])([2H])N(C([2H])([2H])C)C([2H])([2H])C)C([2H])([2H])C([2H])(C)C2([2H])[2H])c1ccc(F)cc1.[2H]C([2H])(Sc1nc(=O)c2c(n1CC(=O)N(Cc1ccc(-c3ccc(C(F)(F)F)cc3)cc1)C([2H])([2H])C([2H])([2H])N(C([2H])([2H])C)C([2H])([2H])C)CCC2)c1ccc(F)cc1.[2H]c1c([2H])c(C([2H])([2H])Sc2nc(=O)c3c(n2CC(=O)N(Cc2c([2H])c([2H])c(-c4c([2H])c([2H])c(C(F)(F)F)c([2H])c4[2H])c([2H])c2[2H])C([2H])([2H])C([2H])([2H])N(CC)CC)C([2H])([2H])C([2H])(C)C3([2H])[2H])c([2H])c([2H])c1F. The van der Waals surface area contributed by atoms with Gasteiger partial charge in [0.2, 0.25) is 17.7 Å². The molecule has 2 atom stereocenters. The van der Waals surface area contributed by atoms with Crippen molar-refractivity contribution in [3.05, 3.63) is 350 Å². The zero-order valence-corrected chi connectivity index (χ0v) is 79.2. The third kappa shape index (κ3) is 29.7. The van der Waals surface area contributed by atoms with Gasteiger partial charge in [0.05, 0.1) is 41.4 Å². The predicted molar refractivity (Wildman–Crippen MR) is 539 cm³/mol. The van der Waals surface area contributed by atoms with Crippen molar-refractivity contribution in [1.82, 2.24) is 58.1 Å². The van der Waals surface area contributed by atoms with Crippen molar-refractivity contribution < 1.29 is 133 Å². The molecule has 0 N–H and O–H groups in total. The normalized spacial score (nSPS) is 22.5. The van der Waals surface area contributed by atoms with E-state index in [4.69, 9.17) is 60.3 Å². The summed E-state index contributed by atoms with van der Waals surface area (Å²) in [5, 5.41) is -2.20.